The molecule has 0 bridgehead atoms. The van der Waals surface area contributed by atoms with Gasteiger partial charge in [0.15, 0.2) is 0 Å². The average molecular weight is 545 g/mol. The van der Waals surface area contributed by atoms with Crippen molar-refractivity contribution in [3.63, 3.8) is 0 Å². The summed E-state index contributed by atoms with van der Waals surface area (Å²) in [5.74, 6) is -0.701. The number of aromatic amines is 1. The lowest BCUT2D eigenvalue weighted by Gasteiger charge is -2.05. The Kier molecular flexibility index (Phi) is 6.87. The molecule has 4 rings (SSSR count). The second-order valence-electron chi connectivity index (χ2n) is 7.94. The summed E-state index contributed by atoms with van der Waals surface area (Å²) in [4.78, 5) is 29.3. The fraction of sp³-hybridized carbons (Fsp3) is 0.0870. The van der Waals surface area contributed by atoms with Gasteiger partial charge in [-0.05, 0) is 36.4 Å². The van der Waals surface area contributed by atoms with E-state index in [1.54, 1.807) is 24.3 Å². The minimum absolute atomic E-state index is 0.123. The minimum Gasteiger partial charge on any atom is -0.338 e. The number of anilines is 2. The average Bonchev–Trinajstić information content (AvgIpc) is 3.35. The Morgan fingerprint density at radius 2 is 1.38 bits per heavy atom. The molecule has 3 N–H and O–H groups in total. The molecular weight excluding hydrogens is 524 g/mol. The first-order chi connectivity index (χ1) is 17.4. The van der Waals surface area contributed by atoms with Crippen LogP contribution in [0, 0.1) is 0 Å². The fourth-order valence-corrected chi connectivity index (χ4v) is 4.51. The molecule has 192 valence electrons. The Morgan fingerprint density at radius 1 is 0.838 bits per heavy atom. The van der Waals surface area contributed by atoms with Crippen LogP contribution < -0.4 is 15.1 Å². The van der Waals surface area contributed by atoms with Crippen molar-refractivity contribution in [1.29, 1.82) is 0 Å². The van der Waals surface area contributed by atoms with E-state index < -0.39 is 31.6 Å². The van der Waals surface area contributed by atoms with Crippen LogP contribution in [0.25, 0.3) is 17.3 Å². The summed E-state index contributed by atoms with van der Waals surface area (Å²) >= 11 is 0. The lowest BCUT2D eigenvalue weighted by atomic mass is 10.0. The molecule has 0 radical (unpaired) electrons. The number of hydrogen-bond donors (Lipinski definition) is 3. The van der Waals surface area contributed by atoms with Gasteiger partial charge >= 0.3 is 11.6 Å². The van der Waals surface area contributed by atoms with Crippen LogP contribution in [-0.2, 0) is 29.7 Å². The van der Waals surface area contributed by atoms with Gasteiger partial charge in [0.1, 0.15) is 5.71 Å². The molecule has 1 aliphatic heterocycles. The first-order valence-corrected chi connectivity index (χ1v) is 14.2. The molecule has 12 nitrogen and oxygen atoms in total. The molecule has 0 atom stereocenters. The highest BCUT2D eigenvalue weighted by Gasteiger charge is 2.26. The molecule has 0 saturated carbocycles. The van der Waals surface area contributed by atoms with Crippen LogP contribution in [0.3, 0.4) is 0 Å². The van der Waals surface area contributed by atoms with Crippen LogP contribution in [0.4, 0.5) is 11.4 Å². The first kappa shape index (κ1) is 25.7. The number of carbonyl (C=O) groups is 1. The highest BCUT2D eigenvalue weighted by atomic mass is 32.2. The van der Waals surface area contributed by atoms with Crippen LogP contribution in [-0.4, -0.2) is 46.2 Å². The summed E-state index contributed by atoms with van der Waals surface area (Å²) in [6.07, 6.45) is 6.39. The van der Waals surface area contributed by atoms with Gasteiger partial charge in [-0.3, -0.25) is 9.44 Å². The molecule has 0 spiro atoms. The fourth-order valence-electron chi connectivity index (χ4n) is 3.38. The van der Waals surface area contributed by atoms with E-state index in [0.717, 1.165) is 12.5 Å². The Hall–Kier alpha value is -4.43. The molecule has 0 fully saturated rings. The summed E-state index contributed by atoms with van der Waals surface area (Å²) in [7, 11) is -6.88. The van der Waals surface area contributed by atoms with E-state index in [9.17, 15) is 26.4 Å². The lowest BCUT2D eigenvalue weighted by Crippen LogP contribution is -2.10. The number of aromatic nitrogens is 1. The topological polar surface area (TPSA) is 177 Å². The Bertz CT molecular complexity index is 1710. The van der Waals surface area contributed by atoms with E-state index in [1.165, 1.54) is 42.5 Å². The summed E-state index contributed by atoms with van der Waals surface area (Å²) in [6.45, 7) is 0. The number of nitrogens with one attached hydrogen (secondary N) is 3. The third-order valence-electron chi connectivity index (χ3n) is 4.89. The Morgan fingerprint density at radius 3 is 1.92 bits per heavy atom. The summed E-state index contributed by atoms with van der Waals surface area (Å²) < 4.78 is 55.1. The van der Waals surface area contributed by atoms with Gasteiger partial charge in [0.25, 0.3) is 0 Å². The van der Waals surface area contributed by atoms with E-state index in [1.807, 2.05) is 0 Å². The quantitative estimate of drug-likeness (QED) is 0.286. The third kappa shape index (κ3) is 6.42. The smallest absolute Gasteiger partial charge is 0.338 e. The molecule has 1 aliphatic rings. The Labute approximate surface area is 211 Å². The van der Waals surface area contributed by atoms with Crippen molar-refractivity contribution < 1.29 is 31.0 Å². The number of hydrogen-bond acceptors (Lipinski definition) is 9. The largest absolute Gasteiger partial charge is 0.368 e. The Balaban J connectivity index is 1.57. The number of allylic oxidation sites excluding steroid dienone is 2. The number of sulfonamides is 2. The molecule has 14 heteroatoms. The third-order valence-corrected chi connectivity index (χ3v) is 6.11. The monoisotopic (exact) mass is 544 g/mol. The van der Waals surface area contributed by atoms with Gasteiger partial charge in [-0.15, -0.1) is 0 Å². The molecule has 0 unspecified atom stereocenters. The summed E-state index contributed by atoms with van der Waals surface area (Å²) in [5, 5.41) is 6.33. The second kappa shape index (κ2) is 9.91. The van der Waals surface area contributed by atoms with E-state index in [-0.39, 0.29) is 16.8 Å². The maximum Gasteiger partial charge on any atom is 0.368 e. The van der Waals surface area contributed by atoms with Crippen LogP contribution in [0.1, 0.15) is 11.1 Å². The standard InChI is InChI=1S/C23H20N4O8S2/c1-36(30,31)26-16-10-6-14(7-11-16)20-18(22(28)34-24-20)4-3-5-19-21(25-35-23(19)29)15-8-12-17(13-9-15)27-37(2,32)33/h3-13,24,26-27H,1-2H3/b4-3?,19-5-. The van der Waals surface area contributed by atoms with Gasteiger partial charge in [0.05, 0.1) is 29.3 Å². The first-order valence-electron chi connectivity index (χ1n) is 10.5. The highest BCUT2D eigenvalue weighted by Crippen LogP contribution is 2.24. The number of nitrogens with zero attached hydrogens (tertiary/aromatic N) is 1. The number of benzene rings is 2. The van der Waals surface area contributed by atoms with Gasteiger partial charge in [-0.1, -0.05) is 35.5 Å². The van der Waals surface area contributed by atoms with Crippen molar-refractivity contribution in [2.75, 3.05) is 22.0 Å². The van der Waals surface area contributed by atoms with Crippen LogP contribution in [0.5, 0.6) is 0 Å². The minimum atomic E-state index is -3.44. The van der Waals surface area contributed by atoms with Gasteiger partial charge in [0, 0.05) is 22.5 Å². The second-order valence-corrected chi connectivity index (χ2v) is 11.4. The predicted molar refractivity (Wildman–Crippen MR) is 138 cm³/mol. The van der Waals surface area contributed by atoms with Gasteiger partial charge in [-0.2, -0.15) is 0 Å². The normalized spacial score (nSPS) is 15.1. The molecule has 3 aromatic rings. The molecule has 37 heavy (non-hydrogen) atoms. The van der Waals surface area contributed by atoms with Gasteiger partial charge < -0.3 is 9.36 Å². The molecule has 0 saturated heterocycles. The number of H-pyrrole nitrogens is 1. The zero-order chi connectivity index (χ0) is 26.8. The number of oxime groups is 1. The van der Waals surface area contributed by atoms with Crippen molar-refractivity contribution >= 4 is 49.2 Å². The van der Waals surface area contributed by atoms with Crippen molar-refractivity contribution in [2.24, 2.45) is 5.16 Å². The summed E-state index contributed by atoms with van der Waals surface area (Å²) in [6, 6.07) is 12.5. The molecule has 0 aliphatic carbocycles. The molecular formula is C23H20N4O8S2. The molecule has 1 aromatic heterocycles. The van der Waals surface area contributed by atoms with Crippen molar-refractivity contribution in [3.05, 3.63) is 87.8 Å². The van der Waals surface area contributed by atoms with E-state index >= 15 is 0 Å². The van der Waals surface area contributed by atoms with Crippen molar-refractivity contribution in [1.82, 2.24) is 5.16 Å². The highest BCUT2D eigenvalue weighted by molar-refractivity contribution is 7.92. The van der Waals surface area contributed by atoms with Crippen molar-refractivity contribution in [3.8, 4) is 11.3 Å². The maximum absolute atomic E-state index is 12.3. The number of rotatable bonds is 8. The zero-order valence-electron chi connectivity index (χ0n) is 19.4. The van der Waals surface area contributed by atoms with E-state index in [2.05, 4.69) is 19.8 Å². The maximum atomic E-state index is 12.3. The van der Waals surface area contributed by atoms with E-state index in [0.29, 0.717) is 28.2 Å². The zero-order valence-corrected chi connectivity index (χ0v) is 21.0. The van der Waals surface area contributed by atoms with Gasteiger partial charge in [0.2, 0.25) is 20.0 Å². The van der Waals surface area contributed by atoms with Crippen LogP contribution >= 0.6 is 0 Å². The molecule has 0 amide bonds. The van der Waals surface area contributed by atoms with Gasteiger partial charge in [-0.25, -0.2) is 31.6 Å². The molecule has 2 heterocycles. The SMILES string of the molecule is CS(=O)(=O)Nc1ccc(C2=NOC(=O)/C2=C\C=Cc2c(-c3ccc(NS(C)(=O)=O)cc3)[nH]oc2=O)cc1. The molecule has 2 aromatic carbocycles. The van der Waals surface area contributed by atoms with E-state index in [4.69, 9.17) is 9.36 Å². The van der Waals surface area contributed by atoms with Crippen LogP contribution in [0.2, 0.25) is 0 Å². The predicted octanol–water partition coefficient (Wildman–Crippen LogP) is 2.28. The lowest BCUT2D eigenvalue weighted by molar-refractivity contribution is -0.136. The van der Waals surface area contributed by atoms with Crippen molar-refractivity contribution in [2.45, 2.75) is 0 Å². The number of carbonyl (C=O) groups excluding carboxylic acids is 1. The van der Waals surface area contributed by atoms with Crippen LogP contribution in [0.15, 0.2) is 80.7 Å². The summed E-state index contributed by atoms with van der Waals surface area (Å²) in [5.41, 5.74) is 1.98.